The Morgan fingerprint density at radius 3 is 0.900 bits per heavy atom. The van der Waals surface area contributed by atoms with Crippen LogP contribution in [0.1, 0.15) is 81.5 Å². The lowest BCUT2D eigenvalue weighted by Gasteiger charge is -2.23. The lowest BCUT2D eigenvalue weighted by atomic mass is 9.81. The lowest BCUT2D eigenvalue weighted by Crippen LogP contribution is -2.03. The van der Waals surface area contributed by atoms with Gasteiger partial charge in [-0.1, -0.05) is 156 Å². The molecule has 0 fully saturated rings. The van der Waals surface area contributed by atoms with Crippen molar-refractivity contribution in [3.63, 3.8) is 0 Å². The summed E-state index contributed by atoms with van der Waals surface area (Å²) < 4.78 is 0. The van der Waals surface area contributed by atoms with Crippen molar-refractivity contribution >= 4 is 0 Å². The molecule has 0 spiro atoms. The zero-order chi connectivity index (χ0) is 28.4. The quantitative estimate of drug-likeness (QED) is 0.199. The molecule has 0 N–H and O–H groups in total. The van der Waals surface area contributed by atoms with Gasteiger partial charge in [-0.3, -0.25) is 0 Å². The van der Waals surface area contributed by atoms with Gasteiger partial charge in [-0.25, -0.2) is 0 Å². The molecule has 0 amide bonds. The van der Waals surface area contributed by atoms with Gasteiger partial charge in [0.15, 0.2) is 0 Å². The molecule has 0 aliphatic heterocycles. The van der Waals surface area contributed by atoms with E-state index in [1.54, 1.807) is 0 Å². The highest BCUT2D eigenvalue weighted by molar-refractivity contribution is 5.77. The van der Waals surface area contributed by atoms with Crippen molar-refractivity contribution in [3.8, 4) is 44.5 Å². The van der Waals surface area contributed by atoms with E-state index >= 15 is 0 Å². The Bertz CT molecular complexity index is 1530. The lowest BCUT2D eigenvalue weighted by molar-refractivity contribution is 0.807. The summed E-state index contributed by atoms with van der Waals surface area (Å²) in [6.07, 6.45) is 0. The highest BCUT2D eigenvalue weighted by atomic mass is 14.2. The Morgan fingerprint density at radius 2 is 0.625 bits per heavy atom. The van der Waals surface area contributed by atoms with Crippen LogP contribution in [-0.4, -0.2) is 0 Å². The molecule has 0 aromatic heterocycles. The van der Waals surface area contributed by atoms with Crippen molar-refractivity contribution < 1.29 is 0 Å². The van der Waals surface area contributed by atoms with Gasteiger partial charge in [0.2, 0.25) is 0 Å². The maximum absolute atomic E-state index is 2.44. The first kappa shape index (κ1) is 27.7. The number of benzene rings is 5. The van der Waals surface area contributed by atoms with Gasteiger partial charge in [-0.2, -0.15) is 0 Å². The molecular formula is C40H42. The maximum Gasteiger partial charge on any atom is -0.0114 e. The van der Waals surface area contributed by atoms with E-state index in [1.807, 2.05) is 0 Å². The molecule has 5 aromatic rings. The van der Waals surface area contributed by atoms with Crippen LogP contribution in [0.15, 0.2) is 109 Å². The Hall–Kier alpha value is -3.90. The third kappa shape index (κ3) is 5.82. The second-order valence-electron chi connectivity index (χ2n) is 12.1. The molecule has 0 atom stereocenters. The van der Waals surface area contributed by atoms with Crippen LogP contribution in [0.3, 0.4) is 0 Å². The number of hydrogen-bond donors (Lipinski definition) is 0. The van der Waals surface area contributed by atoms with E-state index in [1.165, 1.54) is 66.8 Å². The molecule has 0 aliphatic carbocycles. The third-order valence-electron chi connectivity index (χ3n) is 8.13. The smallest absolute Gasteiger partial charge is 0.0114 e. The van der Waals surface area contributed by atoms with Crippen LogP contribution in [0.25, 0.3) is 44.5 Å². The average Bonchev–Trinajstić information content (AvgIpc) is 2.97. The summed E-state index contributed by atoms with van der Waals surface area (Å²) >= 11 is 0. The average molecular weight is 523 g/mol. The molecule has 0 nitrogen and oxygen atoms in total. The molecule has 0 saturated heterocycles. The first-order valence-electron chi connectivity index (χ1n) is 14.8. The summed E-state index contributed by atoms with van der Waals surface area (Å²) in [5.41, 5.74) is 15.9. The standard InChI is InChI=1S/C40H42/c1-26(2)37-24-38(27(3)4)40(39(25-37)28(5)6)36-22-20-35(21-23-36)34-18-16-33(17-19-34)32-14-12-31(13-15-32)30-10-8-29(7)9-11-30/h8-28H,1-7H3. The van der Waals surface area contributed by atoms with Crippen LogP contribution in [-0.2, 0) is 0 Å². The van der Waals surface area contributed by atoms with E-state index in [2.05, 4.69) is 158 Å². The normalized spacial score (nSPS) is 11.6. The summed E-state index contributed by atoms with van der Waals surface area (Å²) in [7, 11) is 0. The Kier molecular flexibility index (Phi) is 8.08. The minimum Gasteiger partial charge on any atom is -0.0587 e. The van der Waals surface area contributed by atoms with Crippen LogP contribution >= 0.6 is 0 Å². The van der Waals surface area contributed by atoms with Crippen molar-refractivity contribution in [2.75, 3.05) is 0 Å². The molecule has 0 radical (unpaired) electrons. The summed E-state index contributed by atoms with van der Waals surface area (Å²) in [4.78, 5) is 0. The third-order valence-corrected chi connectivity index (χ3v) is 8.13. The number of rotatable bonds is 7. The van der Waals surface area contributed by atoms with Gasteiger partial charge in [0.25, 0.3) is 0 Å². The molecule has 40 heavy (non-hydrogen) atoms. The largest absolute Gasteiger partial charge is 0.0587 e. The van der Waals surface area contributed by atoms with Crippen molar-refractivity contribution in [1.29, 1.82) is 0 Å². The molecule has 0 heterocycles. The molecule has 202 valence electrons. The van der Waals surface area contributed by atoms with Crippen molar-refractivity contribution in [1.82, 2.24) is 0 Å². The van der Waals surface area contributed by atoms with E-state index in [4.69, 9.17) is 0 Å². The monoisotopic (exact) mass is 522 g/mol. The van der Waals surface area contributed by atoms with E-state index in [9.17, 15) is 0 Å². The first-order chi connectivity index (χ1) is 19.2. The van der Waals surface area contributed by atoms with E-state index in [0.29, 0.717) is 17.8 Å². The summed E-state index contributed by atoms with van der Waals surface area (Å²) in [5, 5.41) is 0. The Morgan fingerprint density at radius 1 is 0.350 bits per heavy atom. The fourth-order valence-corrected chi connectivity index (χ4v) is 5.57. The van der Waals surface area contributed by atoms with Crippen molar-refractivity contribution in [2.24, 2.45) is 0 Å². The van der Waals surface area contributed by atoms with Gasteiger partial charge in [0, 0.05) is 0 Å². The Labute approximate surface area is 241 Å². The highest BCUT2D eigenvalue weighted by Crippen LogP contribution is 2.39. The van der Waals surface area contributed by atoms with Crippen molar-refractivity contribution in [2.45, 2.75) is 66.2 Å². The fraction of sp³-hybridized carbons (Fsp3) is 0.250. The number of aryl methyl sites for hydroxylation is 1. The van der Waals surface area contributed by atoms with Gasteiger partial charge in [0.05, 0.1) is 0 Å². The molecular weight excluding hydrogens is 480 g/mol. The van der Waals surface area contributed by atoms with E-state index in [0.717, 1.165) is 0 Å². The first-order valence-corrected chi connectivity index (χ1v) is 14.8. The predicted octanol–water partition coefficient (Wildman–Crippen LogP) is 12.0. The topological polar surface area (TPSA) is 0 Å². The predicted molar refractivity (Wildman–Crippen MR) is 175 cm³/mol. The number of hydrogen-bond acceptors (Lipinski definition) is 0. The zero-order valence-electron chi connectivity index (χ0n) is 25.1. The Balaban J connectivity index is 1.40. The molecule has 0 bridgehead atoms. The molecule has 5 aromatic carbocycles. The second kappa shape index (κ2) is 11.7. The van der Waals surface area contributed by atoms with Gasteiger partial charge in [-0.05, 0) is 85.9 Å². The summed E-state index contributed by atoms with van der Waals surface area (Å²) in [6.45, 7) is 16.0. The zero-order valence-corrected chi connectivity index (χ0v) is 25.1. The van der Waals surface area contributed by atoms with Crippen LogP contribution < -0.4 is 0 Å². The van der Waals surface area contributed by atoms with Gasteiger partial charge < -0.3 is 0 Å². The fourth-order valence-electron chi connectivity index (χ4n) is 5.57. The summed E-state index contributed by atoms with van der Waals surface area (Å²) in [6, 6.07) is 40.7. The molecule has 0 aliphatic rings. The molecule has 5 rings (SSSR count). The van der Waals surface area contributed by atoms with Crippen LogP contribution in [0, 0.1) is 6.92 Å². The summed E-state index contributed by atoms with van der Waals surface area (Å²) in [5.74, 6) is 1.48. The molecule has 0 heteroatoms. The van der Waals surface area contributed by atoms with Crippen LogP contribution in [0.5, 0.6) is 0 Å². The SMILES string of the molecule is Cc1ccc(-c2ccc(-c3ccc(-c4ccc(-c5c(C(C)C)cc(C(C)C)cc5C(C)C)cc4)cc3)cc2)cc1. The van der Waals surface area contributed by atoms with Crippen molar-refractivity contribution in [3.05, 3.63) is 131 Å². The second-order valence-corrected chi connectivity index (χ2v) is 12.1. The van der Waals surface area contributed by atoms with Gasteiger partial charge in [0.1, 0.15) is 0 Å². The van der Waals surface area contributed by atoms with Crippen LogP contribution in [0.4, 0.5) is 0 Å². The van der Waals surface area contributed by atoms with Crippen LogP contribution in [0.2, 0.25) is 0 Å². The minimum atomic E-state index is 0.476. The van der Waals surface area contributed by atoms with E-state index in [-0.39, 0.29) is 0 Å². The van der Waals surface area contributed by atoms with E-state index < -0.39 is 0 Å². The van der Waals surface area contributed by atoms with Gasteiger partial charge in [-0.15, -0.1) is 0 Å². The van der Waals surface area contributed by atoms with Gasteiger partial charge >= 0.3 is 0 Å². The maximum atomic E-state index is 2.44. The minimum absolute atomic E-state index is 0.476. The molecule has 0 saturated carbocycles. The highest BCUT2D eigenvalue weighted by Gasteiger charge is 2.18. The molecule has 0 unspecified atom stereocenters.